The molecule has 0 aliphatic rings. The topological polar surface area (TPSA) is 68.8 Å². The fourth-order valence-corrected chi connectivity index (χ4v) is 2.44. The Labute approximate surface area is 148 Å². The Balaban J connectivity index is 1.79. The minimum Gasteiger partial charge on any atom is -0.497 e. The van der Waals surface area contributed by atoms with Gasteiger partial charge in [-0.15, -0.1) is 0 Å². The summed E-state index contributed by atoms with van der Waals surface area (Å²) < 4.78 is 15.7. The zero-order valence-electron chi connectivity index (χ0n) is 14.8. The van der Waals surface area contributed by atoms with Crippen LogP contribution in [0.15, 0.2) is 42.5 Å². The molecular formula is C19H24N2O4. The van der Waals surface area contributed by atoms with E-state index in [1.54, 1.807) is 21.3 Å². The largest absolute Gasteiger partial charge is 0.497 e. The highest BCUT2D eigenvalue weighted by Crippen LogP contribution is 2.30. The fourth-order valence-electron chi connectivity index (χ4n) is 2.44. The van der Waals surface area contributed by atoms with Crippen LogP contribution in [0.5, 0.6) is 17.2 Å². The molecule has 0 saturated heterocycles. The predicted molar refractivity (Wildman–Crippen MR) is 96.5 cm³/mol. The first-order valence-electron chi connectivity index (χ1n) is 8.02. The zero-order valence-corrected chi connectivity index (χ0v) is 14.8. The lowest BCUT2D eigenvalue weighted by Crippen LogP contribution is -2.36. The smallest absolute Gasteiger partial charge is 0.315 e. The van der Waals surface area contributed by atoms with E-state index in [-0.39, 0.29) is 6.03 Å². The van der Waals surface area contributed by atoms with Gasteiger partial charge in [-0.1, -0.05) is 24.3 Å². The van der Waals surface area contributed by atoms with Crippen molar-refractivity contribution in [2.75, 3.05) is 27.9 Å². The van der Waals surface area contributed by atoms with Gasteiger partial charge in [0.25, 0.3) is 0 Å². The summed E-state index contributed by atoms with van der Waals surface area (Å²) in [4.78, 5) is 11.9. The molecule has 0 aliphatic carbocycles. The van der Waals surface area contributed by atoms with E-state index in [0.717, 1.165) is 23.3 Å². The first-order valence-corrected chi connectivity index (χ1v) is 8.02. The molecule has 0 radical (unpaired) electrons. The lowest BCUT2D eigenvalue weighted by Gasteiger charge is -2.13. The summed E-state index contributed by atoms with van der Waals surface area (Å²) >= 11 is 0. The summed E-state index contributed by atoms with van der Waals surface area (Å²) in [6.45, 7) is 0.905. The number of carbonyl (C=O) groups excluding carboxylic acids is 1. The first-order chi connectivity index (χ1) is 12.2. The third-order valence-corrected chi connectivity index (χ3v) is 3.78. The van der Waals surface area contributed by atoms with E-state index in [2.05, 4.69) is 10.6 Å². The summed E-state index contributed by atoms with van der Waals surface area (Å²) in [5, 5.41) is 5.67. The van der Waals surface area contributed by atoms with Crippen molar-refractivity contribution in [2.24, 2.45) is 0 Å². The quantitative estimate of drug-likeness (QED) is 0.773. The van der Waals surface area contributed by atoms with Gasteiger partial charge < -0.3 is 24.8 Å². The average molecular weight is 344 g/mol. The maximum absolute atomic E-state index is 11.9. The lowest BCUT2D eigenvalue weighted by atomic mass is 10.1. The van der Waals surface area contributed by atoms with Gasteiger partial charge in [0.05, 0.1) is 21.3 Å². The van der Waals surface area contributed by atoms with Crippen molar-refractivity contribution in [2.45, 2.75) is 13.0 Å². The van der Waals surface area contributed by atoms with Crippen molar-refractivity contribution in [3.8, 4) is 17.2 Å². The summed E-state index contributed by atoms with van der Waals surface area (Å²) in [6.07, 6.45) is 0.750. The number of ether oxygens (including phenoxy) is 3. The number of carbonyl (C=O) groups is 1. The van der Waals surface area contributed by atoms with E-state index in [4.69, 9.17) is 14.2 Å². The molecule has 6 heteroatoms. The number of amides is 2. The Hall–Kier alpha value is -2.89. The Bertz CT molecular complexity index is 686. The Kier molecular flexibility index (Phi) is 6.95. The molecule has 25 heavy (non-hydrogen) atoms. The molecule has 0 aliphatic heterocycles. The number of urea groups is 1. The van der Waals surface area contributed by atoms with Gasteiger partial charge >= 0.3 is 6.03 Å². The number of benzene rings is 2. The summed E-state index contributed by atoms with van der Waals surface area (Å²) in [5.74, 6) is 2.09. The molecule has 0 fully saturated rings. The molecule has 0 saturated carbocycles. The van der Waals surface area contributed by atoms with Crippen LogP contribution < -0.4 is 24.8 Å². The lowest BCUT2D eigenvalue weighted by molar-refractivity contribution is 0.240. The molecule has 0 aromatic heterocycles. The van der Waals surface area contributed by atoms with Crippen LogP contribution in [0, 0.1) is 0 Å². The van der Waals surface area contributed by atoms with Crippen molar-refractivity contribution >= 4 is 6.03 Å². The Morgan fingerprint density at radius 1 is 0.920 bits per heavy atom. The molecule has 0 spiro atoms. The van der Waals surface area contributed by atoms with Crippen LogP contribution in [0.25, 0.3) is 0 Å². The van der Waals surface area contributed by atoms with Crippen LogP contribution in [-0.2, 0) is 13.0 Å². The van der Waals surface area contributed by atoms with Crippen molar-refractivity contribution in [3.63, 3.8) is 0 Å². The SMILES string of the molecule is COc1ccc(CCNC(=O)NCc2cccc(OC)c2OC)cc1. The van der Waals surface area contributed by atoms with Gasteiger partial charge in [-0.05, 0) is 30.2 Å². The van der Waals surface area contributed by atoms with Gasteiger partial charge in [0.2, 0.25) is 0 Å². The third-order valence-electron chi connectivity index (χ3n) is 3.78. The number of hydrogen-bond acceptors (Lipinski definition) is 4. The molecule has 0 bridgehead atoms. The predicted octanol–water partition coefficient (Wildman–Crippen LogP) is 2.75. The zero-order chi connectivity index (χ0) is 18.1. The second-order valence-electron chi connectivity index (χ2n) is 5.36. The van der Waals surface area contributed by atoms with Crippen molar-refractivity contribution < 1.29 is 19.0 Å². The fraction of sp³-hybridized carbons (Fsp3) is 0.316. The van der Waals surface area contributed by atoms with E-state index in [9.17, 15) is 4.79 Å². The van der Waals surface area contributed by atoms with E-state index < -0.39 is 0 Å². The highest BCUT2D eigenvalue weighted by molar-refractivity contribution is 5.74. The van der Waals surface area contributed by atoms with Crippen molar-refractivity contribution in [3.05, 3.63) is 53.6 Å². The average Bonchev–Trinajstić information content (AvgIpc) is 2.66. The molecular weight excluding hydrogens is 320 g/mol. The van der Waals surface area contributed by atoms with Crippen molar-refractivity contribution in [1.82, 2.24) is 10.6 Å². The van der Waals surface area contributed by atoms with Gasteiger partial charge in [-0.25, -0.2) is 4.79 Å². The Morgan fingerprint density at radius 3 is 2.32 bits per heavy atom. The molecule has 6 nitrogen and oxygen atoms in total. The highest BCUT2D eigenvalue weighted by atomic mass is 16.5. The van der Waals surface area contributed by atoms with Gasteiger partial charge in [0, 0.05) is 18.7 Å². The molecule has 2 aromatic carbocycles. The third kappa shape index (κ3) is 5.31. The summed E-state index contributed by atoms with van der Waals surface area (Å²) in [7, 11) is 4.80. The van der Waals surface area contributed by atoms with Crippen LogP contribution in [0.2, 0.25) is 0 Å². The number of hydrogen-bond donors (Lipinski definition) is 2. The van der Waals surface area contributed by atoms with Crippen LogP contribution in [-0.4, -0.2) is 33.9 Å². The standard InChI is InChI=1S/C19H24N2O4/c1-23-16-9-7-14(8-10-16)11-12-20-19(22)21-13-15-5-4-6-17(24-2)18(15)25-3/h4-10H,11-13H2,1-3H3,(H2,20,21,22). The molecule has 0 heterocycles. The minimum absolute atomic E-state index is 0.224. The maximum Gasteiger partial charge on any atom is 0.315 e. The minimum atomic E-state index is -0.224. The van der Waals surface area contributed by atoms with E-state index in [0.29, 0.717) is 24.6 Å². The van der Waals surface area contributed by atoms with Gasteiger partial charge in [-0.3, -0.25) is 0 Å². The van der Waals surface area contributed by atoms with Gasteiger partial charge in [0.15, 0.2) is 11.5 Å². The Morgan fingerprint density at radius 2 is 1.68 bits per heavy atom. The molecule has 2 N–H and O–H groups in total. The van der Waals surface area contributed by atoms with Crippen LogP contribution >= 0.6 is 0 Å². The van der Waals surface area contributed by atoms with E-state index >= 15 is 0 Å². The molecule has 2 aromatic rings. The van der Waals surface area contributed by atoms with Crippen LogP contribution in [0.1, 0.15) is 11.1 Å². The molecule has 0 atom stereocenters. The van der Waals surface area contributed by atoms with Gasteiger partial charge in [0.1, 0.15) is 5.75 Å². The summed E-state index contributed by atoms with van der Waals surface area (Å²) in [5.41, 5.74) is 1.99. The molecule has 2 rings (SSSR count). The number of nitrogens with one attached hydrogen (secondary N) is 2. The normalized spacial score (nSPS) is 10.0. The van der Waals surface area contributed by atoms with E-state index in [1.807, 2.05) is 42.5 Å². The maximum atomic E-state index is 11.9. The highest BCUT2D eigenvalue weighted by Gasteiger charge is 2.10. The molecule has 134 valence electrons. The molecule has 2 amide bonds. The van der Waals surface area contributed by atoms with Crippen LogP contribution in [0.4, 0.5) is 4.79 Å². The number of para-hydroxylation sites is 1. The van der Waals surface area contributed by atoms with Gasteiger partial charge in [-0.2, -0.15) is 0 Å². The monoisotopic (exact) mass is 344 g/mol. The second kappa shape index (κ2) is 9.42. The van der Waals surface area contributed by atoms with Crippen molar-refractivity contribution in [1.29, 1.82) is 0 Å². The number of rotatable bonds is 8. The number of methoxy groups -OCH3 is 3. The second-order valence-corrected chi connectivity index (χ2v) is 5.36. The first kappa shape index (κ1) is 18.4. The van der Waals surface area contributed by atoms with Crippen LogP contribution in [0.3, 0.4) is 0 Å². The van der Waals surface area contributed by atoms with E-state index in [1.165, 1.54) is 0 Å². The molecule has 0 unspecified atom stereocenters. The summed E-state index contributed by atoms with van der Waals surface area (Å²) in [6, 6.07) is 13.1.